The summed E-state index contributed by atoms with van der Waals surface area (Å²) in [5.74, 6) is 0.327. The molecule has 0 aliphatic carbocycles. The Morgan fingerprint density at radius 1 is 1.03 bits per heavy atom. The van der Waals surface area contributed by atoms with Crippen molar-refractivity contribution < 1.29 is 17.9 Å². The van der Waals surface area contributed by atoms with Crippen LogP contribution in [0.4, 0.5) is 17.3 Å². The number of nitrogens with two attached hydrogens (primary N) is 1. The molecule has 0 atom stereocenters. The lowest BCUT2D eigenvalue weighted by Crippen LogP contribution is -2.35. The average Bonchev–Trinajstić information content (AvgIpc) is 2.92. The summed E-state index contributed by atoms with van der Waals surface area (Å²) in [6, 6.07) is 17.9. The van der Waals surface area contributed by atoms with Crippen LogP contribution in [0.2, 0.25) is 5.02 Å². The maximum atomic E-state index is 13.5. The molecule has 1 aromatic heterocycles. The molecular formula is C26H27ClN6O4S. The average molecular weight is 555 g/mol. The van der Waals surface area contributed by atoms with Crippen LogP contribution in [0.25, 0.3) is 11.0 Å². The van der Waals surface area contributed by atoms with Crippen LogP contribution < -0.4 is 20.5 Å². The van der Waals surface area contributed by atoms with Gasteiger partial charge in [-0.25, -0.2) is 18.4 Å². The Morgan fingerprint density at radius 3 is 2.39 bits per heavy atom. The minimum Gasteiger partial charge on any atom is -0.497 e. The zero-order chi connectivity index (χ0) is 27.3. The zero-order valence-electron chi connectivity index (χ0n) is 20.8. The lowest BCUT2D eigenvalue weighted by atomic mass is 10.2. The largest absolute Gasteiger partial charge is 0.497 e. The Kier molecular flexibility index (Phi) is 8.30. The van der Waals surface area contributed by atoms with Gasteiger partial charge in [-0.15, -0.1) is 0 Å². The number of amides is 1. The van der Waals surface area contributed by atoms with Gasteiger partial charge in [-0.1, -0.05) is 29.8 Å². The second kappa shape index (κ2) is 11.6. The maximum absolute atomic E-state index is 13.5. The first-order chi connectivity index (χ1) is 18.2. The van der Waals surface area contributed by atoms with E-state index < -0.39 is 10.0 Å². The first kappa shape index (κ1) is 27.1. The van der Waals surface area contributed by atoms with Gasteiger partial charge in [-0.3, -0.25) is 9.52 Å². The predicted molar refractivity (Wildman–Crippen MR) is 149 cm³/mol. The summed E-state index contributed by atoms with van der Waals surface area (Å²) in [5.41, 5.74) is 7.31. The van der Waals surface area contributed by atoms with Crippen molar-refractivity contribution in [3.8, 4) is 5.75 Å². The minimum atomic E-state index is -4.17. The number of sulfonamides is 1. The number of carbonyl (C=O) groups excluding carboxylic acids is 1. The molecule has 1 amide bonds. The van der Waals surface area contributed by atoms with Crippen LogP contribution in [-0.2, 0) is 10.0 Å². The minimum absolute atomic E-state index is 0.0439. The fourth-order valence-electron chi connectivity index (χ4n) is 3.74. The number of hydrogen-bond donors (Lipinski definition) is 3. The van der Waals surface area contributed by atoms with Crippen LogP contribution in [0.3, 0.4) is 0 Å². The fourth-order valence-corrected chi connectivity index (χ4v) is 4.96. The number of benzene rings is 3. The van der Waals surface area contributed by atoms with Gasteiger partial charge in [0, 0.05) is 31.3 Å². The summed E-state index contributed by atoms with van der Waals surface area (Å²) in [4.78, 5) is 23.4. The first-order valence-electron chi connectivity index (χ1n) is 11.7. The van der Waals surface area contributed by atoms with Gasteiger partial charge in [-0.2, -0.15) is 0 Å². The highest BCUT2D eigenvalue weighted by atomic mass is 35.5. The molecule has 3 aromatic carbocycles. The van der Waals surface area contributed by atoms with Gasteiger partial charge >= 0.3 is 0 Å². The van der Waals surface area contributed by atoms with Gasteiger partial charge < -0.3 is 20.7 Å². The molecular weight excluding hydrogens is 528 g/mol. The second-order valence-electron chi connectivity index (χ2n) is 8.19. The second-order valence-corrected chi connectivity index (χ2v) is 10.3. The van der Waals surface area contributed by atoms with E-state index in [9.17, 15) is 13.2 Å². The number of aromatic nitrogens is 2. The Hall–Kier alpha value is -3.93. The highest BCUT2D eigenvalue weighted by molar-refractivity contribution is 7.92. The molecule has 0 bridgehead atoms. The topological polar surface area (TPSA) is 140 Å². The molecule has 0 fully saturated rings. The molecule has 0 spiro atoms. The molecule has 0 aliphatic heterocycles. The van der Waals surface area contributed by atoms with Crippen LogP contribution in [0.15, 0.2) is 71.6 Å². The molecule has 0 saturated carbocycles. The summed E-state index contributed by atoms with van der Waals surface area (Å²) >= 11 is 6.36. The van der Waals surface area contributed by atoms with Gasteiger partial charge in [0.15, 0.2) is 11.6 Å². The fraction of sp³-hybridized carbons (Fsp3) is 0.192. The van der Waals surface area contributed by atoms with Crippen LogP contribution in [0.5, 0.6) is 5.75 Å². The zero-order valence-corrected chi connectivity index (χ0v) is 22.4. The SMILES string of the molecule is CCN(CCN)C(=O)c1cccc(S(=O)(=O)Nc2nc3ccccc3nc2Nc2cc(OC)ccc2Cl)c1. The summed E-state index contributed by atoms with van der Waals surface area (Å²) in [5, 5.41) is 3.44. The standard InChI is InChI=1S/C26H27ClN6O4S/c1-3-33(14-13-28)26(34)17-7-6-8-19(15-17)38(35,36)32-25-24(29-21-9-4-5-10-22(21)30-25)31-23-16-18(37-2)11-12-20(23)27/h4-12,15-16H,3,13-14,28H2,1-2H3,(H,29,31)(H,30,32). The maximum Gasteiger partial charge on any atom is 0.263 e. The third kappa shape index (κ3) is 5.96. The number of methoxy groups -OCH3 is 1. The number of likely N-dealkylation sites (N-methyl/N-ethyl adjacent to an activating group) is 1. The monoisotopic (exact) mass is 554 g/mol. The third-order valence-corrected chi connectivity index (χ3v) is 7.35. The van der Waals surface area contributed by atoms with Crippen molar-refractivity contribution in [2.45, 2.75) is 11.8 Å². The van der Waals surface area contributed by atoms with E-state index in [0.29, 0.717) is 47.1 Å². The number of nitrogens with one attached hydrogen (secondary N) is 2. The Morgan fingerprint density at radius 2 is 1.74 bits per heavy atom. The molecule has 198 valence electrons. The third-order valence-electron chi connectivity index (χ3n) is 5.69. The number of rotatable bonds is 10. The highest BCUT2D eigenvalue weighted by Gasteiger charge is 2.22. The van der Waals surface area contributed by atoms with Crippen molar-refractivity contribution in [2.75, 3.05) is 36.8 Å². The molecule has 10 nitrogen and oxygen atoms in total. The first-order valence-corrected chi connectivity index (χ1v) is 13.6. The summed E-state index contributed by atoms with van der Waals surface area (Å²) in [6.45, 7) is 2.93. The Labute approximate surface area is 225 Å². The van der Waals surface area contributed by atoms with E-state index in [-0.39, 0.29) is 28.0 Å². The number of fused-ring (bicyclic) bond motifs is 1. The van der Waals surface area contributed by atoms with Gasteiger partial charge in [0.25, 0.3) is 15.9 Å². The van der Waals surface area contributed by atoms with E-state index in [1.165, 1.54) is 25.3 Å². The molecule has 1 heterocycles. The number of anilines is 3. The van der Waals surface area contributed by atoms with E-state index in [2.05, 4.69) is 20.0 Å². The van der Waals surface area contributed by atoms with Gasteiger partial charge in [0.1, 0.15) is 5.75 Å². The van der Waals surface area contributed by atoms with Gasteiger partial charge in [0.05, 0.1) is 33.7 Å². The van der Waals surface area contributed by atoms with E-state index in [4.69, 9.17) is 22.1 Å². The summed E-state index contributed by atoms with van der Waals surface area (Å²) in [6.07, 6.45) is 0. The van der Waals surface area contributed by atoms with E-state index in [1.54, 1.807) is 53.4 Å². The molecule has 4 aromatic rings. The van der Waals surface area contributed by atoms with Crippen molar-refractivity contribution in [2.24, 2.45) is 5.73 Å². The van der Waals surface area contributed by atoms with Crippen molar-refractivity contribution in [3.05, 3.63) is 77.3 Å². The van der Waals surface area contributed by atoms with Crippen molar-refractivity contribution in [3.63, 3.8) is 0 Å². The number of halogens is 1. The van der Waals surface area contributed by atoms with E-state index in [0.717, 1.165) is 0 Å². The Balaban J connectivity index is 1.73. The van der Waals surface area contributed by atoms with Crippen molar-refractivity contribution in [1.29, 1.82) is 0 Å². The smallest absolute Gasteiger partial charge is 0.263 e. The van der Waals surface area contributed by atoms with E-state index in [1.807, 2.05) is 6.92 Å². The molecule has 0 aliphatic rings. The van der Waals surface area contributed by atoms with Crippen LogP contribution in [0.1, 0.15) is 17.3 Å². The lowest BCUT2D eigenvalue weighted by molar-refractivity contribution is 0.0768. The van der Waals surface area contributed by atoms with Crippen molar-refractivity contribution in [1.82, 2.24) is 14.9 Å². The molecule has 12 heteroatoms. The predicted octanol–water partition coefficient (Wildman–Crippen LogP) is 4.26. The van der Waals surface area contributed by atoms with Gasteiger partial charge in [-0.05, 0) is 49.4 Å². The number of carbonyl (C=O) groups is 1. The quantitative estimate of drug-likeness (QED) is 0.264. The number of para-hydroxylation sites is 2. The van der Waals surface area contributed by atoms with Crippen LogP contribution >= 0.6 is 11.6 Å². The normalized spacial score (nSPS) is 11.3. The molecule has 4 N–H and O–H groups in total. The highest BCUT2D eigenvalue weighted by Crippen LogP contribution is 2.32. The van der Waals surface area contributed by atoms with Crippen LogP contribution in [0, 0.1) is 0 Å². The van der Waals surface area contributed by atoms with Gasteiger partial charge in [0.2, 0.25) is 0 Å². The summed E-state index contributed by atoms with van der Waals surface area (Å²) < 4.78 is 34.7. The number of hydrogen-bond acceptors (Lipinski definition) is 8. The number of nitrogens with zero attached hydrogens (tertiary/aromatic N) is 3. The Bertz CT molecular complexity index is 1580. The van der Waals surface area contributed by atoms with Crippen LogP contribution in [-0.4, -0.2) is 55.9 Å². The molecule has 38 heavy (non-hydrogen) atoms. The van der Waals surface area contributed by atoms with Crippen molar-refractivity contribution >= 4 is 55.9 Å². The number of ether oxygens (including phenoxy) is 1. The molecule has 4 rings (SSSR count). The summed E-state index contributed by atoms with van der Waals surface area (Å²) in [7, 11) is -2.64. The molecule has 0 saturated heterocycles. The molecule has 0 radical (unpaired) electrons. The lowest BCUT2D eigenvalue weighted by Gasteiger charge is -2.20. The van der Waals surface area contributed by atoms with E-state index >= 15 is 0 Å². The molecule has 0 unspecified atom stereocenters.